The number of anilines is 1. The second-order valence-electron chi connectivity index (χ2n) is 5.79. The highest BCUT2D eigenvalue weighted by molar-refractivity contribution is 14.1. The third-order valence-corrected chi connectivity index (χ3v) is 5.02. The number of nitrogens with one attached hydrogen (secondary N) is 2. The Bertz CT molecular complexity index is 922. The Balaban J connectivity index is 1.60. The molecular formula is C17H14FIN4O. The van der Waals surface area contributed by atoms with Gasteiger partial charge in [0.15, 0.2) is 0 Å². The van der Waals surface area contributed by atoms with Gasteiger partial charge in [-0.05, 0) is 64.4 Å². The minimum absolute atomic E-state index is 0.150. The summed E-state index contributed by atoms with van der Waals surface area (Å²) in [6, 6.07) is 10.1. The van der Waals surface area contributed by atoms with Gasteiger partial charge in [0.05, 0.1) is 5.52 Å². The highest BCUT2D eigenvalue weighted by Crippen LogP contribution is 2.28. The van der Waals surface area contributed by atoms with E-state index < -0.39 is 0 Å². The first-order valence-electron chi connectivity index (χ1n) is 7.57. The molecule has 0 bridgehead atoms. The highest BCUT2D eigenvalue weighted by atomic mass is 127. The lowest BCUT2D eigenvalue weighted by molar-refractivity contribution is 0.211. The van der Waals surface area contributed by atoms with E-state index in [9.17, 15) is 9.18 Å². The van der Waals surface area contributed by atoms with Crippen LogP contribution < -0.4 is 5.32 Å². The zero-order valence-corrected chi connectivity index (χ0v) is 14.8. The van der Waals surface area contributed by atoms with Crippen molar-refractivity contribution >= 4 is 45.2 Å². The van der Waals surface area contributed by atoms with Crippen molar-refractivity contribution in [2.75, 3.05) is 11.9 Å². The number of amides is 2. The van der Waals surface area contributed by atoms with Crippen LogP contribution in [0, 0.1) is 9.52 Å². The van der Waals surface area contributed by atoms with Crippen molar-refractivity contribution in [3.63, 3.8) is 0 Å². The smallest absolute Gasteiger partial charge is 0.320 e. The molecule has 0 aliphatic carbocycles. The van der Waals surface area contributed by atoms with Gasteiger partial charge in [-0.25, -0.2) is 9.18 Å². The Kier molecular flexibility index (Phi) is 3.87. The predicted molar refractivity (Wildman–Crippen MR) is 98.3 cm³/mol. The number of hydrogen-bond donors (Lipinski definition) is 2. The molecule has 2 amide bonds. The minimum atomic E-state index is -0.274. The number of urea groups is 1. The Hall–Kier alpha value is -2.16. The van der Waals surface area contributed by atoms with Crippen molar-refractivity contribution in [3.05, 3.63) is 57.0 Å². The van der Waals surface area contributed by atoms with Gasteiger partial charge in [-0.2, -0.15) is 5.10 Å². The quantitative estimate of drug-likeness (QED) is 0.599. The molecule has 0 spiro atoms. The van der Waals surface area contributed by atoms with E-state index in [1.54, 1.807) is 17.0 Å². The van der Waals surface area contributed by atoms with Crippen LogP contribution in [-0.4, -0.2) is 27.7 Å². The molecule has 2 N–H and O–H groups in total. The molecule has 122 valence electrons. The molecule has 0 unspecified atom stereocenters. The Morgan fingerprint density at radius 2 is 2.04 bits per heavy atom. The molecule has 0 fully saturated rings. The number of aromatic nitrogens is 2. The summed E-state index contributed by atoms with van der Waals surface area (Å²) in [6.45, 7) is 1.06. The molecule has 5 nitrogen and oxygen atoms in total. The summed E-state index contributed by atoms with van der Waals surface area (Å²) in [5.41, 5.74) is 3.64. The fourth-order valence-corrected chi connectivity index (χ4v) is 3.46. The molecule has 2 heterocycles. The summed E-state index contributed by atoms with van der Waals surface area (Å²) in [5, 5.41) is 11.2. The number of carbonyl (C=O) groups is 1. The van der Waals surface area contributed by atoms with Gasteiger partial charge < -0.3 is 10.2 Å². The van der Waals surface area contributed by atoms with E-state index in [2.05, 4.69) is 44.2 Å². The second kappa shape index (κ2) is 6.04. The van der Waals surface area contributed by atoms with Gasteiger partial charge >= 0.3 is 6.03 Å². The summed E-state index contributed by atoms with van der Waals surface area (Å²) in [6.07, 6.45) is 0.756. The number of benzene rings is 2. The zero-order valence-electron chi connectivity index (χ0n) is 12.6. The van der Waals surface area contributed by atoms with Gasteiger partial charge in [-0.3, -0.25) is 5.10 Å². The van der Waals surface area contributed by atoms with Crippen LogP contribution in [0.2, 0.25) is 0 Å². The maximum Gasteiger partial charge on any atom is 0.322 e. The first-order chi connectivity index (χ1) is 11.6. The lowest BCUT2D eigenvalue weighted by atomic mass is 10.1. The lowest BCUT2D eigenvalue weighted by Crippen LogP contribution is -2.34. The van der Waals surface area contributed by atoms with Gasteiger partial charge in [0.25, 0.3) is 0 Å². The van der Waals surface area contributed by atoms with Gasteiger partial charge in [-0.1, -0.05) is 12.1 Å². The van der Waals surface area contributed by atoms with Gasteiger partial charge in [0, 0.05) is 24.2 Å². The topological polar surface area (TPSA) is 61.0 Å². The summed E-state index contributed by atoms with van der Waals surface area (Å²) in [4.78, 5) is 14.2. The van der Waals surface area contributed by atoms with E-state index >= 15 is 0 Å². The number of rotatable bonds is 2. The largest absolute Gasteiger partial charge is 0.322 e. The van der Waals surface area contributed by atoms with Crippen molar-refractivity contribution < 1.29 is 9.18 Å². The molecule has 0 radical (unpaired) electrons. The number of fused-ring (bicyclic) bond motifs is 2. The Labute approximate surface area is 151 Å². The number of aromatic amines is 1. The van der Waals surface area contributed by atoms with E-state index in [4.69, 9.17) is 0 Å². The molecule has 1 aromatic heterocycles. The van der Waals surface area contributed by atoms with Crippen molar-refractivity contribution in [1.82, 2.24) is 15.1 Å². The third-order valence-electron chi connectivity index (χ3n) is 4.20. The molecule has 0 saturated carbocycles. The summed E-state index contributed by atoms with van der Waals surface area (Å²) >= 11 is 2.22. The van der Waals surface area contributed by atoms with E-state index in [0.29, 0.717) is 13.1 Å². The highest BCUT2D eigenvalue weighted by Gasteiger charge is 2.21. The molecule has 1 aliphatic rings. The zero-order chi connectivity index (χ0) is 16.7. The molecule has 0 saturated heterocycles. The summed E-state index contributed by atoms with van der Waals surface area (Å²) in [5.74, 6) is -0.274. The fraction of sp³-hybridized carbons (Fsp3) is 0.176. The minimum Gasteiger partial charge on any atom is -0.320 e. The average Bonchev–Trinajstić information content (AvgIpc) is 2.85. The van der Waals surface area contributed by atoms with Crippen LogP contribution in [0.4, 0.5) is 14.9 Å². The van der Waals surface area contributed by atoms with Crippen LogP contribution in [0.5, 0.6) is 0 Å². The van der Waals surface area contributed by atoms with Gasteiger partial charge in [0.1, 0.15) is 9.52 Å². The van der Waals surface area contributed by atoms with Gasteiger partial charge in [0.2, 0.25) is 0 Å². The Morgan fingerprint density at radius 1 is 1.25 bits per heavy atom. The normalized spacial score (nSPS) is 14.4. The van der Waals surface area contributed by atoms with Crippen LogP contribution in [0.25, 0.3) is 10.9 Å². The van der Waals surface area contributed by atoms with E-state index in [1.807, 2.05) is 6.07 Å². The average molecular weight is 436 g/mol. The molecular weight excluding hydrogens is 422 g/mol. The predicted octanol–water partition coefficient (Wildman–Crippen LogP) is 3.90. The fourth-order valence-electron chi connectivity index (χ4n) is 2.91. The number of H-pyrrole nitrogens is 1. The summed E-state index contributed by atoms with van der Waals surface area (Å²) < 4.78 is 14.0. The SMILES string of the molecule is O=C1Nc2cc3n[nH]c(I)c3cc2CCN1Cc1ccc(F)cc1. The molecule has 2 aromatic carbocycles. The maximum absolute atomic E-state index is 13.0. The first kappa shape index (κ1) is 15.4. The molecule has 3 aromatic rings. The van der Waals surface area contributed by atoms with Crippen LogP contribution in [0.15, 0.2) is 36.4 Å². The van der Waals surface area contributed by atoms with Crippen LogP contribution in [0.1, 0.15) is 11.1 Å². The monoisotopic (exact) mass is 436 g/mol. The summed E-state index contributed by atoms with van der Waals surface area (Å²) in [7, 11) is 0. The standard InChI is InChI=1S/C17H14FIN4O/c18-12-3-1-10(2-4-12)9-23-6-5-11-7-13-15(21-22-16(13)19)8-14(11)20-17(23)24/h1-4,7-8H,5-6,9H2,(H,20,24)(H,21,22). The number of hydrogen-bond acceptors (Lipinski definition) is 2. The van der Waals surface area contributed by atoms with E-state index in [0.717, 1.165) is 37.8 Å². The van der Waals surface area contributed by atoms with Crippen molar-refractivity contribution in [2.45, 2.75) is 13.0 Å². The van der Waals surface area contributed by atoms with Crippen molar-refractivity contribution in [3.8, 4) is 0 Å². The van der Waals surface area contributed by atoms with Crippen molar-refractivity contribution in [2.24, 2.45) is 0 Å². The molecule has 4 rings (SSSR count). The first-order valence-corrected chi connectivity index (χ1v) is 8.65. The molecule has 24 heavy (non-hydrogen) atoms. The number of nitrogens with zero attached hydrogens (tertiary/aromatic N) is 2. The van der Waals surface area contributed by atoms with Gasteiger partial charge in [-0.15, -0.1) is 0 Å². The lowest BCUT2D eigenvalue weighted by Gasteiger charge is -2.20. The van der Waals surface area contributed by atoms with Crippen molar-refractivity contribution in [1.29, 1.82) is 0 Å². The van der Waals surface area contributed by atoms with E-state index in [1.165, 1.54) is 12.1 Å². The van der Waals surface area contributed by atoms with E-state index in [-0.39, 0.29) is 11.8 Å². The van der Waals surface area contributed by atoms with Crippen LogP contribution in [-0.2, 0) is 13.0 Å². The van der Waals surface area contributed by atoms with Crippen LogP contribution >= 0.6 is 22.6 Å². The maximum atomic E-state index is 13.0. The number of halogens is 2. The molecule has 0 atom stereocenters. The Morgan fingerprint density at radius 3 is 2.83 bits per heavy atom. The molecule has 7 heteroatoms. The molecule has 1 aliphatic heterocycles. The second-order valence-corrected chi connectivity index (χ2v) is 6.87. The van der Waals surface area contributed by atoms with Crippen LogP contribution in [0.3, 0.4) is 0 Å². The third kappa shape index (κ3) is 2.83. The number of carbonyl (C=O) groups excluding carboxylic acids is 1.